The van der Waals surface area contributed by atoms with E-state index in [1.54, 1.807) is 11.3 Å². The lowest BCUT2D eigenvalue weighted by molar-refractivity contribution is 0.0902. The van der Waals surface area contributed by atoms with Crippen molar-refractivity contribution in [2.75, 3.05) is 0 Å². The van der Waals surface area contributed by atoms with E-state index < -0.39 is 5.54 Å². The van der Waals surface area contributed by atoms with Crippen molar-refractivity contribution in [2.45, 2.75) is 58.0 Å². The molecule has 0 saturated heterocycles. The van der Waals surface area contributed by atoms with Crippen molar-refractivity contribution in [1.82, 2.24) is 9.88 Å². The third kappa shape index (κ3) is 3.25. The molecule has 0 unspecified atom stereocenters. The van der Waals surface area contributed by atoms with Gasteiger partial charge in [0.15, 0.2) is 0 Å². The van der Waals surface area contributed by atoms with Crippen LogP contribution >= 0.6 is 11.3 Å². The third-order valence-electron chi connectivity index (χ3n) is 4.99. The lowest BCUT2D eigenvalue weighted by atomic mass is 9.82. The van der Waals surface area contributed by atoms with Gasteiger partial charge in [0.1, 0.15) is 5.54 Å². The van der Waals surface area contributed by atoms with E-state index in [1.165, 1.54) is 4.88 Å². The van der Waals surface area contributed by atoms with Crippen LogP contribution in [-0.2, 0) is 6.54 Å². The summed E-state index contributed by atoms with van der Waals surface area (Å²) >= 11 is 1.72. The van der Waals surface area contributed by atoms with E-state index in [9.17, 15) is 10.1 Å². The van der Waals surface area contributed by atoms with Crippen LogP contribution in [0.25, 0.3) is 0 Å². The van der Waals surface area contributed by atoms with E-state index >= 15 is 0 Å². The number of nitrogens with one attached hydrogen (secondary N) is 1. The Morgan fingerprint density at radius 1 is 1.38 bits per heavy atom. The van der Waals surface area contributed by atoms with E-state index in [1.807, 2.05) is 26.0 Å². The number of amides is 1. The van der Waals surface area contributed by atoms with Gasteiger partial charge >= 0.3 is 0 Å². The van der Waals surface area contributed by atoms with Crippen LogP contribution in [0.4, 0.5) is 0 Å². The highest BCUT2D eigenvalue weighted by molar-refractivity contribution is 7.09. The first-order chi connectivity index (χ1) is 11.5. The van der Waals surface area contributed by atoms with Gasteiger partial charge in [0.05, 0.1) is 18.2 Å². The second kappa shape index (κ2) is 6.82. The predicted octanol–water partition coefficient (Wildman–Crippen LogP) is 4.17. The van der Waals surface area contributed by atoms with E-state index in [-0.39, 0.29) is 5.91 Å². The van der Waals surface area contributed by atoms with Crippen molar-refractivity contribution < 1.29 is 4.79 Å². The molecular weight excluding hydrogens is 318 g/mol. The summed E-state index contributed by atoms with van der Waals surface area (Å²) in [5.74, 6) is -0.121. The average Bonchev–Trinajstić information content (AvgIpc) is 3.19. The number of thiophene rings is 1. The Hall–Kier alpha value is -2.06. The number of aromatic nitrogens is 1. The molecule has 0 atom stereocenters. The maximum absolute atomic E-state index is 12.8. The molecule has 2 aromatic heterocycles. The van der Waals surface area contributed by atoms with Gasteiger partial charge in [-0.1, -0.05) is 25.3 Å². The molecule has 1 amide bonds. The van der Waals surface area contributed by atoms with E-state index in [0.29, 0.717) is 5.56 Å². The van der Waals surface area contributed by atoms with Gasteiger partial charge in [0.2, 0.25) is 0 Å². The van der Waals surface area contributed by atoms with Crippen LogP contribution in [-0.4, -0.2) is 16.0 Å². The average molecular weight is 341 g/mol. The second-order valence-corrected chi connectivity index (χ2v) is 7.69. The lowest BCUT2D eigenvalue weighted by Crippen LogP contribution is -2.48. The van der Waals surface area contributed by atoms with Gasteiger partial charge in [-0.2, -0.15) is 5.26 Å². The standard InChI is InChI=1S/C19H23N3OS/c1-14-11-17(15(2)22(14)12-16-7-6-10-24-16)18(23)21-19(13-20)8-4-3-5-9-19/h6-7,10-11H,3-5,8-9,12H2,1-2H3,(H,21,23). The number of rotatable bonds is 4. The normalized spacial score (nSPS) is 16.5. The quantitative estimate of drug-likeness (QED) is 0.907. The molecule has 0 aromatic carbocycles. The van der Waals surface area contributed by atoms with E-state index in [0.717, 1.165) is 50.0 Å². The first kappa shape index (κ1) is 16.8. The highest BCUT2D eigenvalue weighted by Crippen LogP contribution is 2.28. The zero-order valence-corrected chi connectivity index (χ0v) is 15.1. The number of aryl methyl sites for hydroxylation is 1. The summed E-state index contributed by atoms with van der Waals surface area (Å²) in [6.45, 7) is 4.79. The van der Waals surface area contributed by atoms with Gasteiger partial charge in [0, 0.05) is 16.3 Å². The molecule has 3 rings (SSSR count). The lowest BCUT2D eigenvalue weighted by Gasteiger charge is -2.31. The Morgan fingerprint density at radius 3 is 2.75 bits per heavy atom. The first-order valence-corrected chi connectivity index (χ1v) is 9.35. The number of carbonyl (C=O) groups is 1. The van der Waals surface area contributed by atoms with Crippen LogP contribution < -0.4 is 5.32 Å². The minimum atomic E-state index is -0.689. The van der Waals surface area contributed by atoms with Gasteiger partial charge in [-0.05, 0) is 44.2 Å². The summed E-state index contributed by atoms with van der Waals surface area (Å²) in [4.78, 5) is 14.1. The van der Waals surface area contributed by atoms with Crippen molar-refractivity contribution in [3.8, 4) is 6.07 Å². The molecule has 0 spiro atoms. The SMILES string of the molecule is Cc1cc(C(=O)NC2(C#N)CCCCC2)c(C)n1Cc1cccs1. The number of hydrogen-bond acceptors (Lipinski definition) is 3. The Morgan fingerprint density at radius 2 is 2.12 bits per heavy atom. The zero-order valence-electron chi connectivity index (χ0n) is 14.3. The molecule has 0 aliphatic heterocycles. The molecule has 24 heavy (non-hydrogen) atoms. The zero-order chi connectivity index (χ0) is 17.2. The summed E-state index contributed by atoms with van der Waals surface area (Å²) in [6, 6.07) is 8.45. The van der Waals surface area contributed by atoms with Gasteiger partial charge in [-0.25, -0.2) is 0 Å². The summed E-state index contributed by atoms with van der Waals surface area (Å²) in [7, 11) is 0. The minimum Gasteiger partial charge on any atom is -0.343 e. The molecule has 1 aliphatic rings. The van der Waals surface area contributed by atoms with Crippen molar-refractivity contribution in [3.05, 3.63) is 45.4 Å². The Bertz CT molecular complexity index is 761. The molecular formula is C19H23N3OS. The van der Waals surface area contributed by atoms with Crippen LogP contribution in [0.3, 0.4) is 0 Å². The maximum Gasteiger partial charge on any atom is 0.254 e. The van der Waals surface area contributed by atoms with Gasteiger partial charge < -0.3 is 9.88 Å². The fraction of sp³-hybridized carbons (Fsp3) is 0.474. The monoisotopic (exact) mass is 341 g/mol. The van der Waals surface area contributed by atoms with E-state index in [4.69, 9.17) is 0 Å². The Kier molecular flexibility index (Phi) is 4.77. The Balaban J connectivity index is 1.81. The minimum absolute atomic E-state index is 0.121. The highest BCUT2D eigenvalue weighted by atomic mass is 32.1. The van der Waals surface area contributed by atoms with Crippen LogP contribution in [0, 0.1) is 25.2 Å². The number of carbonyl (C=O) groups excluding carboxylic acids is 1. The second-order valence-electron chi connectivity index (χ2n) is 6.66. The molecule has 1 aliphatic carbocycles. The number of nitrogens with zero attached hydrogens (tertiary/aromatic N) is 2. The molecule has 126 valence electrons. The summed E-state index contributed by atoms with van der Waals surface area (Å²) in [5.41, 5.74) is 2.03. The molecule has 2 aromatic rings. The molecule has 0 radical (unpaired) electrons. The topological polar surface area (TPSA) is 57.8 Å². The van der Waals surface area contributed by atoms with Crippen molar-refractivity contribution in [2.24, 2.45) is 0 Å². The van der Waals surface area contributed by atoms with Crippen LogP contribution in [0.2, 0.25) is 0 Å². The van der Waals surface area contributed by atoms with Gasteiger partial charge in [0.25, 0.3) is 5.91 Å². The maximum atomic E-state index is 12.8. The molecule has 4 nitrogen and oxygen atoms in total. The molecule has 0 bridgehead atoms. The van der Waals surface area contributed by atoms with Crippen molar-refractivity contribution in [3.63, 3.8) is 0 Å². The fourth-order valence-electron chi connectivity index (χ4n) is 3.54. The highest BCUT2D eigenvalue weighted by Gasteiger charge is 2.34. The fourth-order valence-corrected chi connectivity index (χ4v) is 4.23. The first-order valence-electron chi connectivity index (χ1n) is 8.47. The molecule has 1 saturated carbocycles. The number of nitriles is 1. The number of hydrogen-bond donors (Lipinski definition) is 1. The molecule has 1 fully saturated rings. The van der Waals surface area contributed by atoms with Crippen molar-refractivity contribution >= 4 is 17.2 Å². The summed E-state index contributed by atoms with van der Waals surface area (Å²) in [6.07, 6.45) is 4.66. The third-order valence-corrected chi connectivity index (χ3v) is 5.85. The van der Waals surface area contributed by atoms with Gasteiger partial charge in [-0.15, -0.1) is 11.3 Å². The smallest absolute Gasteiger partial charge is 0.254 e. The molecule has 1 N–H and O–H groups in total. The predicted molar refractivity (Wildman–Crippen MR) is 96.2 cm³/mol. The van der Waals surface area contributed by atoms with Crippen LogP contribution in [0.1, 0.15) is 58.7 Å². The molecule has 5 heteroatoms. The largest absolute Gasteiger partial charge is 0.343 e. The summed E-state index contributed by atoms with van der Waals surface area (Å²) < 4.78 is 2.17. The summed E-state index contributed by atoms with van der Waals surface area (Å²) in [5, 5.41) is 14.7. The Labute approximate surface area is 147 Å². The van der Waals surface area contributed by atoms with Crippen LogP contribution in [0.5, 0.6) is 0 Å². The van der Waals surface area contributed by atoms with Crippen molar-refractivity contribution in [1.29, 1.82) is 5.26 Å². The van der Waals surface area contributed by atoms with Crippen LogP contribution in [0.15, 0.2) is 23.6 Å². The molecule has 2 heterocycles. The van der Waals surface area contributed by atoms with Gasteiger partial charge in [-0.3, -0.25) is 4.79 Å². The van der Waals surface area contributed by atoms with E-state index in [2.05, 4.69) is 27.4 Å².